The maximum atomic E-state index is 13.7. The highest BCUT2D eigenvalue weighted by Crippen LogP contribution is 2.71. The van der Waals surface area contributed by atoms with Crippen molar-refractivity contribution in [1.29, 1.82) is 0 Å². The number of hydrogen-bond donors (Lipinski definition) is 1. The van der Waals surface area contributed by atoms with Crippen molar-refractivity contribution in [2.45, 2.75) is 97.0 Å². The van der Waals surface area contributed by atoms with E-state index in [4.69, 9.17) is 16.0 Å². The SMILES string of the molecule is CC(C)C[C@H](O)[C@@H](Cl)C(=O)[C@@]1(O[Si](C)(C)C)C[C@H]2CC[C@]1(C)C2(C)C. The van der Waals surface area contributed by atoms with Crippen molar-refractivity contribution in [2.75, 3.05) is 0 Å². The Balaban J connectivity index is 2.44. The van der Waals surface area contributed by atoms with Gasteiger partial charge in [0.05, 0.1) is 6.10 Å². The Morgan fingerprint density at radius 2 is 1.84 bits per heavy atom. The molecule has 3 nitrogen and oxygen atoms in total. The van der Waals surface area contributed by atoms with E-state index in [0.717, 1.165) is 19.3 Å². The molecule has 2 aliphatic carbocycles. The molecule has 146 valence electrons. The van der Waals surface area contributed by atoms with Gasteiger partial charge in [0, 0.05) is 5.41 Å². The van der Waals surface area contributed by atoms with Crippen LogP contribution in [0.5, 0.6) is 0 Å². The minimum atomic E-state index is -1.98. The minimum absolute atomic E-state index is 0.0436. The molecule has 2 rings (SSSR count). The van der Waals surface area contributed by atoms with Gasteiger partial charge in [-0.1, -0.05) is 34.6 Å². The van der Waals surface area contributed by atoms with Crippen LogP contribution in [0.25, 0.3) is 0 Å². The number of halogens is 1. The molecule has 0 aromatic heterocycles. The lowest BCUT2D eigenvalue weighted by Gasteiger charge is -2.51. The molecule has 0 aromatic carbocycles. The summed E-state index contributed by atoms with van der Waals surface area (Å²) in [6.45, 7) is 17.3. The second-order valence-electron chi connectivity index (χ2n) is 10.5. The largest absolute Gasteiger partial charge is 0.404 e. The number of carbonyl (C=O) groups is 1. The highest BCUT2D eigenvalue weighted by molar-refractivity contribution is 6.70. The summed E-state index contributed by atoms with van der Waals surface area (Å²) < 4.78 is 6.69. The Kier molecular flexibility index (Phi) is 5.66. The number of Topliss-reactive ketones (excluding diaryl/α,β-unsaturated/α-hetero) is 1. The molecular formula is C20H37ClO3Si. The van der Waals surface area contributed by atoms with Crippen LogP contribution in [0.3, 0.4) is 0 Å². The monoisotopic (exact) mass is 388 g/mol. The molecule has 2 saturated carbocycles. The zero-order valence-electron chi connectivity index (χ0n) is 17.3. The summed E-state index contributed by atoms with van der Waals surface area (Å²) in [5.41, 5.74) is -1.04. The molecule has 0 amide bonds. The predicted octanol–water partition coefficient (Wildman–Crippen LogP) is 5.01. The maximum absolute atomic E-state index is 13.7. The van der Waals surface area contributed by atoms with Gasteiger partial charge in [-0.25, -0.2) is 0 Å². The maximum Gasteiger partial charge on any atom is 0.185 e. The highest BCUT2D eigenvalue weighted by Gasteiger charge is 2.73. The molecule has 2 bridgehead atoms. The van der Waals surface area contributed by atoms with E-state index in [1.165, 1.54) is 0 Å². The van der Waals surface area contributed by atoms with Crippen molar-refractivity contribution >= 4 is 25.7 Å². The van der Waals surface area contributed by atoms with Crippen LogP contribution in [-0.2, 0) is 9.22 Å². The number of rotatable bonds is 7. The van der Waals surface area contributed by atoms with Gasteiger partial charge >= 0.3 is 0 Å². The molecule has 2 aliphatic rings. The van der Waals surface area contributed by atoms with Gasteiger partial charge in [-0.15, -0.1) is 11.6 Å². The van der Waals surface area contributed by atoms with Gasteiger partial charge in [-0.2, -0.15) is 0 Å². The van der Waals surface area contributed by atoms with Gasteiger partial charge in [-0.3, -0.25) is 4.79 Å². The number of carbonyl (C=O) groups excluding carboxylic acids is 1. The second-order valence-corrected chi connectivity index (χ2v) is 15.4. The molecular weight excluding hydrogens is 352 g/mol. The van der Waals surface area contributed by atoms with Crippen molar-refractivity contribution in [3.63, 3.8) is 0 Å². The Morgan fingerprint density at radius 1 is 1.28 bits per heavy atom. The fraction of sp³-hybridized carbons (Fsp3) is 0.950. The van der Waals surface area contributed by atoms with Crippen LogP contribution in [0.15, 0.2) is 0 Å². The lowest BCUT2D eigenvalue weighted by atomic mass is 9.62. The minimum Gasteiger partial charge on any atom is -0.404 e. The zero-order chi connectivity index (χ0) is 19.4. The molecule has 25 heavy (non-hydrogen) atoms. The first-order chi connectivity index (χ1) is 11.2. The second kappa shape index (κ2) is 6.61. The van der Waals surface area contributed by atoms with Crippen LogP contribution >= 0.6 is 11.6 Å². The summed E-state index contributed by atoms with van der Waals surface area (Å²) in [6, 6.07) is 0. The Bertz CT molecular complexity index is 528. The summed E-state index contributed by atoms with van der Waals surface area (Å²) >= 11 is 6.55. The lowest BCUT2D eigenvalue weighted by Crippen LogP contribution is -2.61. The molecule has 5 atom stereocenters. The average Bonchev–Trinajstić information content (AvgIpc) is 2.75. The number of hydrogen-bond acceptors (Lipinski definition) is 3. The van der Waals surface area contributed by atoms with Crippen molar-refractivity contribution < 1.29 is 14.3 Å². The van der Waals surface area contributed by atoms with Gasteiger partial charge < -0.3 is 9.53 Å². The predicted molar refractivity (Wildman–Crippen MR) is 107 cm³/mol. The van der Waals surface area contributed by atoms with Crippen LogP contribution in [0.4, 0.5) is 0 Å². The van der Waals surface area contributed by atoms with Crippen molar-refractivity contribution in [3.05, 3.63) is 0 Å². The standard InChI is InChI=1S/C20H37ClO3Si/c1-13(2)11-15(22)16(21)17(23)20(24-25(6,7)8)12-14-9-10-19(20,5)18(14,3)4/h13-16,22H,9-12H2,1-8H3/t14-,15+,16-,19-,20+/m1/s1. The molecule has 1 N–H and O–H groups in total. The molecule has 0 unspecified atom stereocenters. The van der Waals surface area contributed by atoms with Gasteiger partial charge in [-0.05, 0) is 62.6 Å². The van der Waals surface area contributed by atoms with Gasteiger partial charge in [0.2, 0.25) is 0 Å². The number of fused-ring (bicyclic) bond motifs is 2. The molecule has 0 aliphatic heterocycles. The van der Waals surface area contributed by atoms with E-state index in [0.29, 0.717) is 18.3 Å². The van der Waals surface area contributed by atoms with Crippen molar-refractivity contribution in [3.8, 4) is 0 Å². The normalized spacial score (nSPS) is 36.7. The highest BCUT2D eigenvalue weighted by atomic mass is 35.5. The summed E-state index contributed by atoms with van der Waals surface area (Å²) in [4.78, 5) is 13.7. The van der Waals surface area contributed by atoms with Crippen molar-refractivity contribution in [1.82, 2.24) is 0 Å². The number of aliphatic hydroxyl groups excluding tert-OH is 1. The van der Waals surface area contributed by atoms with E-state index >= 15 is 0 Å². The van der Waals surface area contributed by atoms with E-state index < -0.39 is 25.4 Å². The fourth-order valence-corrected chi connectivity index (χ4v) is 7.08. The fourth-order valence-electron chi connectivity index (χ4n) is 5.35. The molecule has 5 heteroatoms. The number of aliphatic hydroxyl groups is 1. The third-order valence-corrected chi connectivity index (χ3v) is 8.49. The summed E-state index contributed by atoms with van der Waals surface area (Å²) in [7, 11) is -1.98. The molecule has 0 saturated heterocycles. The zero-order valence-corrected chi connectivity index (χ0v) is 19.0. The van der Waals surface area contributed by atoms with E-state index in [-0.39, 0.29) is 16.6 Å². The van der Waals surface area contributed by atoms with E-state index in [9.17, 15) is 9.90 Å². The summed E-state index contributed by atoms with van der Waals surface area (Å²) in [6.07, 6.45) is 2.60. The third kappa shape index (κ3) is 3.37. The molecule has 0 radical (unpaired) electrons. The quantitative estimate of drug-likeness (QED) is 0.492. The Morgan fingerprint density at radius 3 is 2.20 bits per heavy atom. The average molecular weight is 389 g/mol. The lowest BCUT2D eigenvalue weighted by molar-refractivity contribution is -0.153. The van der Waals surface area contributed by atoms with E-state index in [2.05, 4.69) is 40.4 Å². The van der Waals surface area contributed by atoms with E-state index in [1.807, 2.05) is 13.8 Å². The topological polar surface area (TPSA) is 46.5 Å². The van der Waals surface area contributed by atoms with Crippen LogP contribution in [0.1, 0.15) is 60.3 Å². The van der Waals surface area contributed by atoms with Gasteiger partial charge in [0.25, 0.3) is 0 Å². The van der Waals surface area contributed by atoms with Crippen molar-refractivity contribution in [2.24, 2.45) is 22.7 Å². The first-order valence-corrected chi connectivity index (χ1v) is 13.6. The smallest absolute Gasteiger partial charge is 0.185 e. The van der Waals surface area contributed by atoms with Crippen LogP contribution < -0.4 is 0 Å². The summed E-state index contributed by atoms with van der Waals surface area (Å²) in [5.74, 6) is 0.691. The number of ketones is 1. The van der Waals surface area contributed by atoms with Gasteiger partial charge in [0.15, 0.2) is 14.1 Å². The van der Waals surface area contributed by atoms with Crippen LogP contribution in [-0.4, -0.2) is 36.3 Å². The molecule has 0 heterocycles. The molecule has 0 aromatic rings. The first kappa shape index (κ1) is 21.4. The summed E-state index contributed by atoms with van der Waals surface area (Å²) in [5, 5.41) is 9.62. The Hall–Kier alpha value is 0.0969. The van der Waals surface area contributed by atoms with Crippen LogP contribution in [0, 0.1) is 22.7 Å². The third-order valence-electron chi connectivity index (χ3n) is 7.04. The Labute approximate surface area is 160 Å². The first-order valence-electron chi connectivity index (χ1n) is 9.74. The molecule has 2 fully saturated rings. The van der Waals surface area contributed by atoms with Gasteiger partial charge in [0.1, 0.15) is 11.0 Å². The van der Waals surface area contributed by atoms with E-state index in [1.54, 1.807) is 0 Å². The van der Waals surface area contributed by atoms with Crippen LogP contribution in [0.2, 0.25) is 19.6 Å². The molecule has 0 spiro atoms. The number of alkyl halides is 1.